The maximum Gasteiger partial charge on any atom is 0.250 e. The molecule has 25 heavy (non-hydrogen) atoms. The minimum atomic E-state index is -3.89. The summed E-state index contributed by atoms with van der Waals surface area (Å²) >= 11 is 0. The molecule has 0 aliphatic carbocycles. The van der Waals surface area contributed by atoms with Gasteiger partial charge in [0.15, 0.2) is 5.82 Å². The zero-order chi connectivity index (χ0) is 18.8. The molecule has 0 saturated carbocycles. The number of benzene rings is 1. The van der Waals surface area contributed by atoms with Gasteiger partial charge in [-0.05, 0) is 32.8 Å². The number of nitrogens with zero attached hydrogens (tertiary/aromatic N) is 3. The van der Waals surface area contributed by atoms with E-state index in [1.807, 2.05) is 52.0 Å². The highest BCUT2D eigenvalue weighted by Gasteiger charge is 2.28. The van der Waals surface area contributed by atoms with Gasteiger partial charge in [0.1, 0.15) is 5.75 Å². The van der Waals surface area contributed by atoms with Crippen LogP contribution in [-0.2, 0) is 21.7 Å². The molecule has 8 heteroatoms. The summed E-state index contributed by atoms with van der Waals surface area (Å²) in [5, 5.41) is 10.3. The Morgan fingerprint density at radius 3 is 2.48 bits per heavy atom. The smallest absolute Gasteiger partial charge is 0.250 e. The third-order valence-corrected chi connectivity index (χ3v) is 5.74. The molecule has 0 bridgehead atoms. The first-order chi connectivity index (χ1) is 11.6. The van der Waals surface area contributed by atoms with Crippen molar-refractivity contribution < 1.29 is 13.2 Å². The largest absolute Gasteiger partial charge is 0.350 e. The Morgan fingerprint density at radius 2 is 1.88 bits per heavy atom. The van der Waals surface area contributed by atoms with Crippen LogP contribution in [0.4, 0.5) is 0 Å². The van der Waals surface area contributed by atoms with Gasteiger partial charge in [-0.1, -0.05) is 31.2 Å². The van der Waals surface area contributed by atoms with Crippen LogP contribution >= 0.6 is 0 Å². The standard InChI is InChI=1S/C17H24N4O3S/c1-6-17(3,4)18-14(22)11-25(23,24)16-20-19-15(21(16)5)13-10-8-7-9-12(13)2/h7-10H,6,11H2,1-5H3,(H,18,22). The molecule has 0 unspecified atom stereocenters. The fourth-order valence-corrected chi connectivity index (χ4v) is 3.60. The molecule has 136 valence electrons. The van der Waals surface area contributed by atoms with Crippen LogP contribution in [0.2, 0.25) is 0 Å². The van der Waals surface area contributed by atoms with E-state index in [1.165, 1.54) is 4.57 Å². The zero-order valence-electron chi connectivity index (χ0n) is 15.2. The van der Waals surface area contributed by atoms with Crippen molar-refractivity contribution in [2.45, 2.75) is 44.8 Å². The van der Waals surface area contributed by atoms with Crippen molar-refractivity contribution in [2.24, 2.45) is 7.05 Å². The highest BCUT2D eigenvalue weighted by atomic mass is 32.2. The van der Waals surface area contributed by atoms with Crippen LogP contribution in [0.1, 0.15) is 32.8 Å². The lowest BCUT2D eigenvalue weighted by molar-refractivity contribution is -0.120. The zero-order valence-corrected chi connectivity index (χ0v) is 16.0. The normalized spacial score (nSPS) is 12.2. The minimum Gasteiger partial charge on any atom is -0.350 e. The molecule has 0 fully saturated rings. The molecule has 0 radical (unpaired) electrons. The third-order valence-electron chi connectivity index (χ3n) is 4.18. The van der Waals surface area contributed by atoms with Gasteiger partial charge in [0.25, 0.3) is 0 Å². The Morgan fingerprint density at radius 1 is 1.24 bits per heavy atom. The Bertz CT molecular complexity index is 885. The van der Waals surface area contributed by atoms with E-state index in [0.29, 0.717) is 12.2 Å². The summed E-state index contributed by atoms with van der Waals surface area (Å²) in [5.41, 5.74) is 1.30. The fourth-order valence-electron chi connectivity index (χ4n) is 2.38. The van der Waals surface area contributed by atoms with Crippen molar-refractivity contribution >= 4 is 15.7 Å². The molecule has 0 aliphatic rings. The van der Waals surface area contributed by atoms with Crippen molar-refractivity contribution in [1.82, 2.24) is 20.1 Å². The lowest BCUT2D eigenvalue weighted by Gasteiger charge is -2.24. The molecular weight excluding hydrogens is 340 g/mol. The Balaban J connectivity index is 2.30. The van der Waals surface area contributed by atoms with Crippen LogP contribution < -0.4 is 5.32 Å². The van der Waals surface area contributed by atoms with Gasteiger partial charge in [-0.25, -0.2) is 8.42 Å². The van der Waals surface area contributed by atoms with Crippen molar-refractivity contribution in [3.05, 3.63) is 29.8 Å². The summed E-state index contributed by atoms with van der Waals surface area (Å²) in [4.78, 5) is 12.1. The predicted octanol–water partition coefficient (Wildman–Crippen LogP) is 1.87. The van der Waals surface area contributed by atoms with Gasteiger partial charge in [-0.2, -0.15) is 0 Å². The average Bonchev–Trinajstić information content (AvgIpc) is 2.89. The maximum absolute atomic E-state index is 12.6. The van der Waals surface area contributed by atoms with Gasteiger partial charge in [0.2, 0.25) is 20.9 Å². The highest BCUT2D eigenvalue weighted by Crippen LogP contribution is 2.23. The molecule has 1 aromatic carbocycles. The minimum absolute atomic E-state index is 0.213. The molecule has 1 amide bonds. The molecular formula is C17H24N4O3S. The number of hydrogen-bond acceptors (Lipinski definition) is 5. The molecule has 2 rings (SSSR count). The van der Waals surface area contributed by atoms with E-state index in [4.69, 9.17) is 0 Å². The van der Waals surface area contributed by atoms with E-state index in [2.05, 4.69) is 15.5 Å². The van der Waals surface area contributed by atoms with Crippen LogP contribution in [0.5, 0.6) is 0 Å². The van der Waals surface area contributed by atoms with Crippen LogP contribution in [0.3, 0.4) is 0 Å². The number of carbonyl (C=O) groups excluding carboxylic acids is 1. The molecule has 0 atom stereocenters. The van der Waals surface area contributed by atoms with Crippen LogP contribution in [-0.4, -0.2) is 40.4 Å². The summed E-state index contributed by atoms with van der Waals surface area (Å²) in [5.74, 6) is -0.755. The van der Waals surface area contributed by atoms with Gasteiger partial charge in [0, 0.05) is 18.2 Å². The second-order valence-electron chi connectivity index (χ2n) is 6.72. The van der Waals surface area contributed by atoms with Gasteiger partial charge in [-0.15, -0.1) is 10.2 Å². The molecule has 0 spiro atoms. The number of carbonyl (C=O) groups is 1. The molecule has 1 N–H and O–H groups in total. The summed E-state index contributed by atoms with van der Waals surface area (Å²) < 4.78 is 26.6. The quantitative estimate of drug-likeness (QED) is 0.844. The average molecular weight is 364 g/mol. The van der Waals surface area contributed by atoms with Crippen LogP contribution in [0.25, 0.3) is 11.4 Å². The number of rotatable bonds is 6. The van der Waals surface area contributed by atoms with Crippen molar-refractivity contribution in [1.29, 1.82) is 0 Å². The number of aromatic nitrogens is 3. The van der Waals surface area contributed by atoms with Crippen molar-refractivity contribution in [2.75, 3.05) is 5.75 Å². The molecule has 7 nitrogen and oxygen atoms in total. The van der Waals surface area contributed by atoms with Gasteiger partial charge < -0.3 is 9.88 Å². The monoisotopic (exact) mass is 364 g/mol. The molecule has 1 aromatic heterocycles. The Kier molecular flexibility index (Phi) is 5.31. The number of nitrogens with one attached hydrogen (secondary N) is 1. The van der Waals surface area contributed by atoms with E-state index in [1.54, 1.807) is 7.05 Å². The van der Waals surface area contributed by atoms with Crippen LogP contribution in [0, 0.1) is 6.92 Å². The SMILES string of the molecule is CCC(C)(C)NC(=O)CS(=O)(=O)c1nnc(-c2ccccc2C)n1C. The lowest BCUT2D eigenvalue weighted by atomic mass is 10.0. The number of amides is 1. The summed E-state index contributed by atoms with van der Waals surface area (Å²) in [7, 11) is -2.31. The number of aryl methyl sites for hydroxylation is 1. The second kappa shape index (κ2) is 6.95. The first kappa shape index (κ1) is 19.1. The fraction of sp³-hybridized carbons (Fsp3) is 0.471. The first-order valence-electron chi connectivity index (χ1n) is 8.06. The van der Waals surface area contributed by atoms with Crippen molar-refractivity contribution in [3.63, 3.8) is 0 Å². The first-order valence-corrected chi connectivity index (χ1v) is 9.72. The molecule has 2 aromatic rings. The highest BCUT2D eigenvalue weighted by molar-refractivity contribution is 7.91. The van der Waals surface area contributed by atoms with E-state index < -0.39 is 27.0 Å². The molecule has 0 aliphatic heterocycles. The van der Waals surface area contributed by atoms with Gasteiger partial charge in [-0.3, -0.25) is 4.79 Å². The lowest BCUT2D eigenvalue weighted by Crippen LogP contribution is -2.45. The summed E-state index contributed by atoms with van der Waals surface area (Å²) in [6, 6.07) is 7.52. The Labute approximate surface area is 148 Å². The van der Waals surface area contributed by atoms with E-state index >= 15 is 0 Å². The molecule has 0 saturated heterocycles. The third kappa shape index (κ3) is 4.25. The van der Waals surface area contributed by atoms with E-state index in [9.17, 15) is 13.2 Å². The van der Waals surface area contributed by atoms with Crippen molar-refractivity contribution in [3.8, 4) is 11.4 Å². The Hall–Kier alpha value is -2.22. The van der Waals surface area contributed by atoms with Gasteiger partial charge >= 0.3 is 0 Å². The molecule has 1 heterocycles. The maximum atomic E-state index is 12.6. The van der Waals surface area contributed by atoms with Gasteiger partial charge in [0.05, 0.1) is 0 Å². The summed E-state index contributed by atoms with van der Waals surface area (Å²) in [6.45, 7) is 7.52. The second-order valence-corrected chi connectivity index (χ2v) is 8.61. The van der Waals surface area contributed by atoms with E-state index in [0.717, 1.165) is 11.1 Å². The van der Waals surface area contributed by atoms with E-state index in [-0.39, 0.29) is 5.16 Å². The van der Waals surface area contributed by atoms with Crippen LogP contribution in [0.15, 0.2) is 29.4 Å². The number of hydrogen-bond donors (Lipinski definition) is 1. The topological polar surface area (TPSA) is 93.9 Å². The predicted molar refractivity (Wildman–Crippen MR) is 95.7 cm³/mol. The number of sulfone groups is 1. The summed E-state index contributed by atoms with van der Waals surface area (Å²) in [6.07, 6.45) is 0.695.